The molecular formula is C16H21N3O5S. The molecule has 2 aromatic rings. The van der Waals surface area contributed by atoms with Crippen LogP contribution in [0.5, 0.6) is 5.88 Å². The van der Waals surface area contributed by atoms with Gasteiger partial charge in [0.1, 0.15) is 6.54 Å². The summed E-state index contributed by atoms with van der Waals surface area (Å²) >= 11 is 0. The molecule has 8 nitrogen and oxygen atoms in total. The van der Waals surface area contributed by atoms with Crippen molar-refractivity contribution in [2.24, 2.45) is 0 Å². The number of carboxylic acids is 1. The lowest BCUT2D eigenvalue weighted by Crippen LogP contribution is -2.22. The maximum Gasteiger partial charge on any atom is 0.325 e. The Bertz CT molecular complexity index is 870. The monoisotopic (exact) mass is 367 g/mol. The molecule has 9 heteroatoms. The highest BCUT2D eigenvalue weighted by molar-refractivity contribution is 7.89. The number of hydrogen-bond acceptors (Lipinski definition) is 5. The van der Waals surface area contributed by atoms with Crippen molar-refractivity contribution in [2.45, 2.75) is 31.2 Å². The fourth-order valence-corrected chi connectivity index (χ4v) is 3.27. The second kappa shape index (κ2) is 7.24. The quantitative estimate of drug-likeness (QED) is 0.755. The molecule has 25 heavy (non-hydrogen) atoms. The van der Waals surface area contributed by atoms with Gasteiger partial charge in [0.25, 0.3) is 0 Å². The number of nitrogens with zero attached hydrogens (tertiary/aromatic N) is 3. The molecule has 1 aromatic heterocycles. The zero-order valence-electron chi connectivity index (χ0n) is 14.3. The van der Waals surface area contributed by atoms with Crippen LogP contribution in [0.1, 0.15) is 16.8 Å². The Morgan fingerprint density at radius 2 is 1.80 bits per heavy atom. The van der Waals surface area contributed by atoms with Gasteiger partial charge in [0.2, 0.25) is 15.9 Å². The minimum Gasteiger partial charge on any atom is -0.493 e. The number of aromatic nitrogens is 2. The third kappa shape index (κ3) is 4.18. The summed E-state index contributed by atoms with van der Waals surface area (Å²) in [6.45, 7) is 1.28. The van der Waals surface area contributed by atoms with Crippen LogP contribution in [0.4, 0.5) is 0 Å². The molecule has 0 radical (unpaired) electrons. The van der Waals surface area contributed by atoms with Crippen molar-refractivity contribution < 1.29 is 23.4 Å². The van der Waals surface area contributed by atoms with Gasteiger partial charge in [-0.15, -0.1) is 0 Å². The minimum atomic E-state index is -3.45. The fourth-order valence-electron chi connectivity index (χ4n) is 2.37. The predicted octanol–water partition coefficient (Wildman–Crippen LogP) is 1.02. The molecule has 2 N–H and O–H groups in total. The molecule has 0 aliphatic rings. The standard InChI is InChI=1S/C16H21N3O5S/c1-11-14(17-19(16(11)22)10-15(20)21)9-6-12-4-7-13(8-5-12)25(23,24)18(2)3/h4-5,7-8,22H,6,9-10H2,1-3H3,(H,20,21). The molecular weight excluding hydrogens is 346 g/mol. The number of hydrogen-bond donors (Lipinski definition) is 2. The largest absolute Gasteiger partial charge is 0.493 e. The van der Waals surface area contributed by atoms with Gasteiger partial charge in [-0.2, -0.15) is 5.10 Å². The van der Waals surface area contributed by atoms with Gasteiger partial charge in [-0.1, -0.05) is 12.1 Å². The van der Waals surface area contributed by atoms with E-state index in [2.05, 4.69) is 5.10 Å². The Balaban J connectivity index is 2.11. The van der Waals surface area contributed by atoms with Crippen molar-refractivity contribution in [3.63, 3.8) is 0 Å². The molecule has 0 saturated heterocycles. The van der Waals surface area contributed by atoms with E-state index in [1.165, 1.54) is 14.1 Å². The summed E-state index contributed by atoms with van der Waals surface area (Å²) in [5, 5.41) is 22.8. The Morgan fingerprint density at radius 1 is 1.20 bits per heavy atom. The van der Waals surface area contributed by atoms with E-state index in [4.69, 9.17) is 5.11 Å². The molecule has 0 atom stereocenters. The lowest BCUT2D eigenvalue weighted by Gasteiger charge is -2.11. The molecule has 0 saturated carbocycles. The highest BCUT2D eigenvalue weighted by atomic mass is 32.2. The SMILES string of the molecule is Cc1c(CCc2ccc(S(=O)(=O)N(C)C)cc2)nn(CC(=O)O)c1O. The van der Waals surface area contributed by atoms with Crippen LogP contribution in [0.2, 0.25) is 0 Å². The lowest BCUT2D eigenvalue weighted by atomic mass is 10.1. The molecule has 1 heterocycles. The molecule has 0 amide bonds. The third-order valence-corrected chi connectivity index (χ3v) is 5.72. The van der Waals surface area contributed by atoms with Crippen LogP contribution < -0.4 is 0 Å². The first-order chi connectivity index (χ1) is 11.6. The first-order valence-corrected chi connectivity index (χ1v) is 9.05. The van der Waals surface area contributed by atoms with E-state index >= 15 is 0 Å². The van der Waals surface area contributed by atoms with Gasteiger partial charge >= 0.3 is 5.97 Å². The van der Waals surface area contributed by atoms with Crippen LogP contribution in [-0.4, -0.2) is 52.8 Å². The van der Waals surface area contributed by atoms with Crippen LogP contribution in [0.25, 0.3) is 0 Å². The number of aryl methyl sites for hydroxylation is 2. The Kier molecular flexibility index (Phi) is 5.48. The molecule has 0 unspecified atom stereocenters. The van der Waals surface area contributed by atoms with E-state index in [-0.39, 0.29) is 10.8 Å². The van der Waals surface area contributed by atoms with E-state index in [0.29, 0.717) is 24.1 Å². The van der Waals surface area contributed by atoms with Gasteiger partial charge < -0.3 is 10.2 Å². The van der Waals surface area contributed by atoms with Gasteiger partial charge in [0.05, 0.1) is 10.6 Å². The number of carbonyl (C=O) groups is 1. The second-order valence-corrected chi connectivity index (χ2v) is 8.03. The van der Waals surface area contributed by atoms with E-state index in [1.54, 1.807) is 31.2 Å². The maximum atomic E-state index is 12.0. The normalized spacial score (nSPS) is 11.8. The molecule has 0 aliphatic heterocycles. The summed E-state index contributed by atoms with van der Waals surface area (Å²) in [6, 6.07) is 6.58. The van der Waals surface area contributed by atoms with Crippen LogP contribution >= 0.6 is 0 Å². The summed E-state index contributed by atoms with van der Waals surface area (Å²) in [5.41, 5.74) is 2.08. The van der Waals surface area contributed by atoms with Crippen LogP contribution in [0, 0.1) is 6.92 Å². The van der Waals surface area contributed by atoms with Crippen molar-refractivity contribution in [3.8, 4) is 5.88 Å². The number of carboxylic acid groups (broad SMARTS) is 1. The van der Waals surface area contributed by atoms with E-state index in [0.717, 1.165) is 14.6 Å². The summed E-state index contributed by atoms with van der Waals surface area (Å²) in [4.78, 5) is 11.0. The van der Waals surface area contributed by atoms with Crippen molar-refractivity contribution in [2.75, 3.05) is 14.1 Å². The maximum absolute atomic E-state index is 12.0. The van der Waals surface area contributed by atoms with Gasteiger partial charge in [0.15, 0.2) is 0 Å². The third-order valence-electron chi connectivity index (χ3n) is 3.89. The number of sulfonamides is 1. The topological polar surface area (TPSA) is 113 Å². The van der Waals surface area contributed by atoms with E-state index < -0.39 is 22.5 Å². The first-order valence-electron chi connectivity index (χ1n) is 7.61. The summed E-state index contributed by atoms with van der Waals surface area (Å²) in [7, 11) is -0.496. The average Bonchev–Trinajstić information content (AvgIpc) is 2.80. The lowest BCUT2D eigenvalue weighted by molar-refractivity contribution is -0.138. The van der Waals surface area contributed by atoms with Gasteiger partial charge in [-0.05, 0) is 37.5 Å². The molecule has 2 rings (SSSR count). The zero-order chi connectivity index (χ0) is 18.8. The Labute approximate surface area is 146 Å². The summed E-state index contributed by atoms with van der Waals surface area (Å²) in [5.74, 6) is -1.23. The molecule has 0 fully saturated rings. The minimum absolute atomic E-state index is 0.148. The van der Waals surface area contributed by atoms with Crippen molar-refractivity contribution in [1.82, 2.24) is 14.1 Å². The van der Waals surface area contributed by atoms with Crippen molar-refractivity contribution >= 4 is 16.0 Å². The van der Waals surface area contributed by atoms with Crippen LogP contribution in [-0.2, 0) is 34.2 Å². The van der Waals surface area contributed by atoms with Gasteiger partial charge in [-0.25, -0.2) is 17.4 Å². The van der Waals surface area contributed by atoms with Crippen molar-refractivity contribution in [3.05, 3.63) is 41.1 Å². The Morgan fingerprint density at radius 3 is 2.32 bits per heavy atom. The van der Waals surface area contributed by atoms with Crippen LogP contribution in [0.3, 0.4) is 0 Å². The molecule has 0 aliphatic carbocycles. The average molecular weight is 367 g/mol. The molecule has 136 valence electrons. The number of rotatable bonds is 7. The molecule has 0 bridgehead atoms. The van der Waals surface area contributed by atoms with Gasteiger partial charge in [0, 0.05) is 19.7 Å². The highest BCUT2D eigenvalue weighted by Crippen LogP contribution is 2.22. The van der Waals surface area contributed by atoms with E-state index in [9.17, 15) is 18.3 Å². The predicted molar refractivity (Wildman–Crippen MR) is 91.0 cm³/mol. The Hall–Kier alpha value is -2.39. The molecule has 0 spiro atoms. The molecule has 1 aromatic carbocycles. The van der Waals surface area contributed by atoms with Crippen molar-refractivity contribution in [1.29, 1.82) is 0 Å². The van der Waals surface area contributed by atoms with Crippen LogP contribution in [0.15, 0.2) is 29.2 Å². The zero-order valence-corrected chi connectivity index (χ0v) is 15.1. The first kappa shape index (κ1) is 18.9. The van der Waals surface area contributed by atoms with Gasteiger partial charge in [-0.3, -0.25) is 4.79 Å². The highest BCUT2D eigenvalue weighted by Gasteiger charge is 2.17. The van der Waals surface area contributed by atoms with E-state index in [1.807, 2.05) is 0 Å². The number of aliphatic carboxylic acids is 1. The second-order valence-electron chi connectivity index (χ2n) is 5.88. The number of aromatic hydroxyl groups is 1. The smallest absolute Gasteiger partial charge is 0.325 e. The summed E-state index contributed by atoms with van der Waals surface area (Å²) < 4.78 is 26.3. The fraction of sp³-hybridized carbons (Fsp3) is 0.375. The number of benzene rings is 1. The summed E-state index contributed by atoms with van der Waals surface area (Å²) in [6.07, 6.45) is 1.10.